The van der Waals surface area contributed by atoms with E-state index < -0.39 is 17.8 Å². The lowest BCUT2D eigenvalue weighted by Crippen LogP contribution is -2.26. The van der Waals surface area contributed by atoms with Crippen LogP contribution < -0.4 is 5.32 Å². The number of imidazole rings is 1. The van der Waals surface area contributed by atoms with E-state index >= 15 is 0 Å². The lowest BCUT2D eigenvalue weighted by molar-refractivity contribution is -0.129. The standard InChI is InChI=1S/C27H22FN5O2/c1-29-25(35)24(34)19-8-7-17(12-21(19)28)18-13-31-26-32-14-22(33(26)15-18)27(9-10-27)20-6-2-4-16-5-3-11-30-23(16)20/h2-8,11-15,24,34H,9-10H2,1H3,(H,29,35). The van der Waals surface area contributed by atoms with Gasteiger partial charge in [0.2, 0.25) is 5.78 Å². The average molecular weight is 468 g/mol. The van der Waals surface area contributed by atoms with Crippen molar-refractivity contribution >= 4 is 22.6 Å². The molecule has 35 heavy (non-hydrogen) atoms. The molecule has 0 spiro atoms. The van der Waals surface area contributed by atoms with Gasteiger partial charge in [0.15, 0.2) is 6.10 Å². The smallest absolute Gasteiger partial charge is 0.253 e. The third-order valence-electron chi connectivity index (χ3n) is 6.88. The molecular weight excluding hydrogens is 445 g/mol. The van der Waals surface area contributed by atoms with Crippen molar-refractivity contribution in [1.29, 1.82) is 0 Å². The van der Waals surface area contributed by atoms with Crippen LogP contribution >= 0.6 is 0 Å². The van der Waals surface area contributed by atoms with Crippen molar-refractivity contribution < 1.29 is 14.3 Å². The predicted molar refractivity (Wildman–Crippen MR) is 129 cm³/mol. The van der Waals surface area contributed by atoms with Crippen LogP contribution in [-0.4, -0.2) is 37.4 Å². The molecule has 1 amide bonds. The Morgan fingerprint density at radius 1 is 1.09 bits per heavy atom. The van der Waals surface area contributed by atoms with Crippen LogP contribution in [0.5, 0.6) is 0 Å². The number of nitrogens with one attached hydrogen (secondary N) is 1. The largest absolute Gasteiger partial charge is 0.378 e. The highest BCUT2D eigenvalue weighted by atomic mass is 19.1. The summed E-state index contributed by atoms with van der Waals surface area (Å²) in [4.78, 5) is 25.4. The number of aromatic nitrogens is 4. The number of nitrogens with zero attached hydrogens (tertiary/aromatic N) is 4. The fraction of sp³-hybridized carbons (Fsp3) is 0.185. The van der Waals surface area contributed by atoms with E-state index in [1.165, 1.54) is 24.7 Å². The molecule has 0 saturated heterocycles. The molecule has 1 saturated carbocycles. The fourth-order valence-corrected chi connectivity index (χ4v) is 4.86. The number of halogens is 1. The summed E-state index contributed by atoms with van der Waals surface area (Å²) < 4.78 is 16.8. The molecule has 1 aliphatic rings. The van der Waals surface area contributed by atoms with Gasteiger partial charge in [0.25, 0.3) is 5.91 Å². The first-order chi connectivity index (χ1) is 17.0. The molecule has 3 heterocycles. The Bertz CT molecular complexity index is 1600. The average Bonchev–Trinajstić information content (AvgIpc) is 3.58. The topological polar surface area (TPSA) is 92.4 Å². The molecule has 1 aliphatic carbocycles. The Morgan fingerprint density at radius 2 is 1.89 bits per heavy atom. The molecular formula is C27H22FN5O2. The van der Waals surface area contributed by atoms with E-state index in [0.717, 1.165) is 29.4 Å². The summed E-state index contributed by atoms with van der Waals surface area (Å²) in [6, 6.07) is 14.7. The normalized spacial score (nSPS) is 15.3. The lowest BCUT2D eigenvalue weighted by Gasteiger charge is -2.18. The van der Waals surface area contributed by atoms with Gasteiger partial charge < -0.3 is 10.4 Å². The van der Waals surface area contributed by atoms with Gasteiger partial charge in [-0.1, -0.05) is 36.4 Å². The van der Waals surface area contributed by atoms with Gasteiger partial charge >= 0.3 is 0 Å². The number of carbonyl (C=O) groups is 1. The minimum absolute atomic E-state index is 0.0779. The first-order valence-corrected chi connectivity index (χ1v) is 11.4. The van der Waals surface area contributed by atoms with E-state index in [4.69, 9.17) is 0 Å². The van der Waals surface area contributed by atoms with Crippen LogP contribution in [-0.2, 0) is 10.2 Å². The number of carbonyl (C=O) groups excluding carboxylic acids is 1. The van der Waals surface area contributed by atoms with Crippen LogP contribution in [0.25, 0.3) is 27.8 Å². The van der Waals surface area contributed by atoms with E-state index in [-0.39, 0.29) is 11.0 Å². The monoisotopic (exact) mass is 467 g/mol. The molecule has 7 nitrogen and oxygen atoms in total. The summed E-state index contributed by atoms with van der Waals surface area (Å²) in [5.74, 6) is -0.763. The molecule has 0 aliphatic heterocycles. The summed E-state index contributed by atoms with van der Waals surface area (Å²) in [5, 5.41) is 13.5. The van der Waals surface area contributed by atoms with Gasteiger partial charge in [-0.25, -0.2) is 14.4 Å². The second kappa shape index (κ2) is 7.95. The van der Waals surface area contributed by atoms with E-state index in [1.54, 1.807) is 12.3 Å². The number of benzene rings is 2. The van der Waals surface area contributed by atoms with Crippen molar-refractivity contribution in [3.8, 4) is 11.1 Å². The van der Waals surface area contributed by atoms with Crippen LogP contribution in [0.1, 0.15) is 35.8 Å². The van der Waals surface area contributed by atoms with E-state index in [2.05, 4.69) is 44.5 Å². The molecule has 0 bridgehead atoms. The third kappa shape index (κ3) is 3.37. The zero-order chi connectivity index (χ0) is 24.2. The number of hydrogen-bond donors (Lipinski definition) is 2. The maximum atomic E-state index is 14.8. The highest BCUT2D eigenvalue weighted by Gasteiger charge is 2.49. The number of amides is 1. The van der Waals surface area contributed by atoms with Gasteiger partial charge in [0, 0.05) is 47.6 Å². The summed E-state index contributed by atoms with van der Waals surface area (Å²) in [5.41, 5.74) is 4.17. The van der Waals surface area contributed by atoms with Crippen molar-refractivity contribution in [2.75, 3.05) is 7.05 Å². The summed E-state index contributed by atoms with van der Waals surface area (Å²) in [7, 11) is 1.39. The highest BCUT2D eigenvalue weighted by molar-refractivity contribution is 5.84. The zero-order valence-electron chi connectivity index (χ0n) is 18.9. The third-order valence-corrected chi connectivity index (χ3v) is 6.88. The molecule has 174 valence electrons. The van der Waals surface area contributed by atoms with E-state index in [1.807, 2.05) is 29.1 Å². The van der Waals surface area contributed by atoms with E-state index in [0.29, 0.717) is 16.9 Å². The number of rotatable bonds is 5. The molecule has 3 aromatic heterocycles. The quantitative estimate of drug-likeness (QED) is 0.409. The van der Waals surface area contributed by atoms with Crippen molar-refractivity contribution in [2.24, 2.45) is 0 Å². The van der Waals surface area contributed by atoms with Crippen molar-refractivity contribution in [3.05, 3.63) is 96.0 Å². The number of fused-ring (bicyclic) bond motifs is 2. The maximum absolute atomic E-state index is 14.8. The number of hydrogen-bond acceptors (Lipinski definition) is 5. The highest BCUT2D eigenvalue weighted by Crippen LogP contribution is 2.54. The predicted octanol–water partition coefficient (Wildman–Crippen LogP) is 3.94. The summed E-state index contributed by atoms with van der Waals surface area (Å²) in [6.07, 6.45) is 7.61. The van der Waals surface area contributed by atoms with Crippen LogP contribution in [0.2, 0.25) is 0 Å². The molecule has 2 N–H and O–H groups in total. The number of para-hydroxylation sites is 1. The second-order valence-corrected chi connectivity index (χ2v) is 8.87. The summed E-state index contributed by atoms with van der Waals surface area (Å²) in [6.45, 7) is 0. The maximum Gasteiger partial charge on any atom is 0.253 e. The Labute approximate surface area is 200 Å². The van der Waals surface area contributed by atoms with Crippen molar-refractivity contribution in [2.45, 2.75) is 24.4 Å². The molecule has 8 heteroatoms. The molecule has 0 radical (unpaired) electrons. The van der Waals surface area contributed by atoms with Gasteiger partial charge in [-0.15, -0.1) is 0 Å². The number of aliphatic hydroxyl groups is 1. The molecule has 1 fully saturated rings. The molecule has 6 rings (SSSR count). The molecule has 1 atom stereocenters. The van der Waals surface area contributed by atoms with Crippen LogP contribution in [0.4, 0.5) is 4.39 Å². The Morgan fingerprint density at radius 3 is 2.66 bits per heavy atom. The fourth-order valence-electron chi connectivity index (χ4n) is 4.86. The SMILES string of the molecule is CNC(=O)C(O)c1ccc(-c2cnc3ncc(C4(c5cccc6cccnc56)CC4)n3c2)cc1F. The Kier molecular flexibility index (Phi) is 4.86. The van der Waals surface area contributed by atoms with Crippen molar-refractivity contribution in [3.63, 3.8) is 0 Å². The van der Waals surface area contributed by atoms with E-state index in [9.17, 15) is 14.3 Å². The van der Waals surface area contributed by atoms with Crippen molar-refractivity contribution in [1.82, 2.24) is 24.7 Å². The minimum atomic E-state index is -1.57. The molecule has 2 aromatic carbocycles. The van der Waals surface area contributed by atoms with Crippen LogP contribution in [0.3, 0.4) is 0 Å². The van der Waals surface area contributed by atoms with Gasteiger partial charge in [-0.05, 0) is 36.1 Å². The Hall–Kier alpha value is -4.17. The van der Waals surface area contributed by atoms with Gasteiger partial charge in [-0.3, -0.25) is 14.2 Å². The number of likely N-dealkylation sites (N-methyl/N-ethyl adjacent to an activating group) is 1. The first-order valence-electron chi connectivity index (χ1n) is 11.4. The second-order valence-electron chi connectivity index (χ2n) is 8.87. The molecule has 5 aromatic rings. The summed E-state index contributed by atoms with van der Waals surface area (Å²) >= 11 is 0. The number of pyridine rings is 1. The zero-order valence-corrected chi connectivity index (χ0v) is 18.9. The lowest BCUT2D eigenvalue weighted by atomic mass is 9.90. The van der Waals surface area contributed by atoms with Crippen LogP contribution in [0, 0.1) is 5.82 Å². The number of aliphatic hydroxyl groups excluding tert-OH is 1. The van der Waals surface area contributed by atoms with Gasteiger partial charge in [-0.2, -0.15) is 0 Å². The minimum Gasteiger partial charge on any atom is -0.378 e. The molecule has 1 unspecified atom stereocenters. The van der Waals surface area contributed by atoms with Gasteiger partial charge in [0.05, 0.1) is 17.4 Å². The van der Waals surface area contributed by atoms with Crippen LogP contribution in [0.15, 0.2) is 73.3 Å². The Balaban J connectivity index is 1.43. The van der Waals surface area contributed by atoms with Gasteiger partial charge in [0.1, 0.15) is 5.82 Å². The first kappa shape index (κ1) is 21.4.